The van der Waals surface area contributed by atoms with E-state index in [4.69, 9.17) is 4.43 Å². The van der Waals surface area contributed by atoms with Crippen LogP contribution < -0.4 is 0 Å². The second kappa shape index (κ2) is 10.8. The van der Waals surface area contributed by atoms with E-state index in [2.05, 4.69) is 40.8 Å². The molecule has 0 saturated heterocycles. The average Bonchev–Trinajstić information content (AvgIpc) is 2.99. The summed E-state index contributed by atoms with van der Waals surface area (Å²) in [6.45, 7) is 21.5. The van der Waals surface area contributed by atoms with Gasteiger partial charge in [-0.15, -0.1) is 0 Å². The molecule has 5 heteroatoms. The summed E-state index contributed by atoms with van der Waals surface area (Å²) in [5.74, 6) is 1.76. The molecule has 2 saturated carbocycles. The molecule has 34 heavy (non-hydrogen) atoms. The van der Waals surface area contributed by atoms with Crippen LogP contribution in [0.4, 0.5) is 0 Å². The SMILES string of the molecule is CC(C)(O)CCC[C@@H](CC[C@@H](O)C(C)(C)O)[C@H]1CC[C@H]2[C@@H](O[Si](C)(C)C(C)(C)C)CCC[C@]12C. The summed E-state index contributed by atoms with van der Waals surface area (Å²) < 4.78 is 7.05. The van der Waals surface area contributed by atoms with Gasteiger partial charge in [0.1, 0.15) is 0 Å². The first-order valence-electron chi connectivity index (χ1n) is 14.1. The van der Waals surface area contributed by atoms with Crippen molar-refractivity contribution in [1.29, 1.82) is 0 Å². The topological polar surface area (TPSA) is 69.9 Å². The van der Waals surface area contributed by atoms with E-state index in [0.717, 1.165) is 25.7 Å². The molecule has 2 rings (SSSR count). The lowest BCUT2D eigenvalue weighted by Crippen LogP contribution is -2.50. The van der Waals surface area contributed by atoms with E-state index in [1.807, 2.05) is 13.8 Å². The summed E-state index contributed by atoms with van der Waals surface area (Å²) in [6, 6.07) is 0. The number of fused-ring (bicyclic) bond motifs is 1. The summed E-state index contributed by atoms with van der Waals surface area (Å²) in [5.41, 5.74) is -1.41. The lowest BCUT2D eigenvalue weighted by atomic mass is 9.60. The van der Waals surface area contributed by atoms with Crippen molar-refractivity contribution in [1.82, 2.24) is 0 Å². The number of aliphatic hydroxyl groups is 3. The van der Waals surface area contributed by atoms with E-state index >= 15 is 0 Å². The van der Waals surface area contributed by atoms with Crippen molar-refractivity contribution >= 4 is 8.32 Å². The van der Waals surface area contributed by atoms with Crippen LogP contribution in [0.3, 0.4) is 0 Å². The van der Waals surface area contributed by atoms with Gasteiger partial charge in [-0.3, -0.25) is 0 Å². The van der Waals surface area contributed by atoms with Crippen molar-refractivity contribution in [3.63, 3.8) is 0 Å². The van der Waals surface area contributed by atoms with E-state index < -0.39 is 25.6 Å². The summed E-state index contributed by atoms with van der Waals surface area (Å²) in [4.78, 5) is 0. The number of hydrogen-bond donors (Lipinski definition) is 3. The Kier molecular flexibility index (Phi) is 9.63. The second-order valence-electron chi connectivity index (χ2n) is 14.8. The molecule has 6 atom stereocenters. The van der Waals surface area contributed by atoms with E-state index in [1.54, 1.807) is 13.8 Å². The van der Waals surface area contributed by atoms with E-state index in [9.17, 15) is 15.3 Å². The van der Waals surface area contributed by atoms with E-state index in [1.165, 1.54) is 32.1 Å². The lowest BCUT2D eigenvalue weighted by molar-refractivity contribution is -0.0592. The molecule has 0 aromatic carbocycles. The van der Waals surface area contributed by atoms with Crippen LogP contribution in [-0.2, 0) is 4.43 Å². The highest BCUT2D eigenvalue weighted by atomic mass is 28.4. The zero-order chi connectivity index (χ0) is 26.2. The van der Waals surface area contributed by atoms with Crippen LogP contribution >= 0.6 is 0 Å². The fourth-order valence-electron chi connectivity index (χ4n) is 6.70. The molecule has 0 bridgehead atoms. The summed E-state index contributed by atoms with van der Waals surface area (Å²) >= 11 is 0. The second-order valence-corrected chi connectivity index (χ2v) is 19.6. The Morgan fingerprint density at radius 1 is 0.941 bits per heavy atom. The van der Waals surface area contributed by atoms with Gasteiger partial charge in [-0.05, 0) is 114 Å². The van der Waals surface area contributed by atoms with Crippen molar-refractivity contribution in [2.75, 3.05) is 0 Å². The molecule has 0 aromatic heterocycles. The Morgan fingerprint density at radius 2 is 1.56 bits per heavy atom. The number of aliphatic hydroxyl groups excluding tert-OH is 1. The van der Waals surface area contributed by atoms with Crippen molar-refractivity contribution in [2.45, 2.75) is 161 Å². The van der Waals surface area contributed by atoms with Gasteiger partial charge in [0.2, 0.25) is 0 Å². The van der Waals surface area contributed by atoms with Gasteiger partial charge >= 0.3 is 0 Å². The molecule has 4 nitrogen and oxygen atoms in total. The van der Waals surface area contributed by atoms with Crippen LogP contribution in [0.1, 0.15) is 120 Å². The molecule has 0 heterocycles. The smallest absolute Gasteiger partial charge is 0.192 e. The molecule has 0 aromatic rings. The molecule has 0 radical (unpaired) electrons. The third-order valence-corrected chi connectivity index (χ3v) is 14.5. The fourth-order valence-corrected chi connectivity index (χ4v) is 8.09. The molecule has 0 amide bonds. The minimum Gasteiger partial charge on any atom is -0.414 e. The maximum Gasteiger partial charge on any atom is 0.192 e. The third kappa shape index (κ3) is 7.54. The Morgan fingerprint density at radius 3 is 2.09 bits per heavy atom. The van der Waals surface area contributed by atoms with Gasteiger partial charge in [0.15, 0.2) is 8.32 Å². The van der Waals surface area contributed by atoms with E-state index in [-0.39, 0.29) is 10.5 Å². The fraction of sp³-hybridized carbons (Fsp3) is 1.00. The van der Waals surface area contributed by atoms with Crippen molar-refractivity contribution < 1.29 is 19.7 Å². The Labute approximate surface area is 212 Å². The molecule has 202 valence electrons. The predicted octanol–water partition coefficient (Wildman–Crippen LogP) is 7.06. The van der Waals surface area contributed by atoms with E-state index in [0.29, 0.717) is 30.3 Å². The van der Waals surface area contributed by atoms with Gasteiger partial charge in [-0.2, -0.15) is 0 Å². The van der Waals surface area contributed by atoms with Gasteiger partial charge in [0.05, 0.1) is 17.3 Å². The molecular weight excluding hydrogens is 440 g/mol. The Hall–Kier alpha value is 0.0569. The lowest BCUT2D eigenvalue weighted by Gasteiger charge is -2.50. The van der Waals surface area contributed by atoms with Gasteiger partial charge in [0.25, 0.3) is 0 Å². The van der Waals surface area contributed by atoms with Crippen molar-refractivity contribution in [2.24, 2.45) is 23.2 Å². The molecule has 0 spiro atoms. The minimum atomic E-state index is -1.82. The number of hydrogen-bond acceptors (Lipinski definition) is 4. The van der Waals surface area contributed by atoms with Crippen LogP contribution in [0, 0.1) is 23.2 Å². The predicted molar refractivity (Wildman–Crippen MR) is 145 cm³/mol. The third-order valence-electron chi connectivity index (χ3n) is 9.95. The Bertz CT molecular complexity index is 642. The summed E-state index contributed by atoms with van der Waals surface area (Å²) in [6.07, 6.45) is 10.4. The summed E-state index contributed by atoms with van der Waals surface area (Å²) in [5, 5.41) is 31.4. The first-order chi connectivity index (χ1) is 15.3. The van der Waals surface area contributed by atoms with Crippen molar-refractivity contribution in [3.8, 4) is 0 Å². The molecule has 2 aliphatic carbocycles. The van der Waals surface area contributed by atoms with Gasteiger partial charge in [-0.25, -0.2) is 0 Å². The first-order valence-corrected chi connectivity index (χ1v) is 17.0. The normalized spacial score (nSPS) is 30.8. The highest BCUT2D eigenvalue weighted by molar-refractivity contribution is 6.74. The average molecular weight is 499 g/mol. The van der Waals surface area contributed by atoms with Crippen LogP contribution in [0.15, 0.2) is 0 Å². The molecule has 3 N–H and O–H groups in total. The van der Waals surface area contributed by atoms with Crippen LogP contribution in [-0.4, -0.2) is 47.0 Å². The quantitative estimate of drug-likeness (QED) is 0.267. The molecule has 2 fully saturated rings. The van der Waals surface area contributed by atoms with Gasteiger partial charge in [0, 0.05) is 6.10 Å². The largest absolute Gasteiger partial charge is 0.414 e. The highest BCUT2D eigenvalue weighted by Gasteiger charge is 2.55. The molecular formula is C29H58O4Si. The summed E-state index contributed by atoms with van der Waals surface area (Å²) in [7, 11) is -1.82. The Balaban J connectivity index is 2.20. The standard InChI is InChI=1S/C29H58O4Si/c1-26(2,3)34(9,10)33-24-14-12-20-29(8)22(16-17-23(24)29)21(13-11-19-27(4,5)31)15-18-25(30)28(6,7)32/h21-25,30-32H,11-20H2,1-10H3/t21-,22+,23-,24-,25+,29+/m0/s1. The monoisotopic (exact) mass is 498 g/mol. The maximum atomic E-state index is 10.6. The van der Waals surface area contributed by atoms with Gasteiger partial charge in [-0.1, -0.05) is 47.0 Å². The maximum absolute atomic E-state index is 10.6. The molecule has 0 aliphatic heterocycles. The van der Waals surface area contributed by atoms with Crippen molar-refractivity contribution in [3.05, 3.63) is 0 Å². The van der Waals surface area contributed by atoms with Crippen LogP contribution in [0.2, 0.25) is 18.1 Å². The molecule has 0 unspecified atom stereocenters. The molecule has 2 aliphatic rings. The van der Waals surface area contributed by atoms with Crippen LogP contribution in [0.25, 0.3) is 0 Å². The van der Waals surface area contributed by atoms with Gasteiger partial charge < -0.3 is 19.7 Å². The highest BCUT2D eigenvalue weighted by Crippen LogP contribution is 2.60. The first kappa shape index (κ1) is 30.3. The van der Waals surface area contributed by atoms with Crippen LogP contribution in [0.5, 0.6) is 0 Å². The minimum absolute atomic E-state index is 0.228. The number of rotatable bonds is 11. The zero-order valence-electron chi connectivity index (χ0n) is 24.2. The zero-order valence-corrected chi connectivity index (χ0v) is 25.2.